The zero-order chi connectivity index (χ0) is 22.0. The Bertz CT molecular complexity index is 1250. The predicted molar refractivity (Wildman–Crippen MR) is 120 cm³/mol. The van der Waals surface area contributed by atoms with Gasteiger partial charge in [-0.3, -0.25) is 18.9 Å². The molecule has 0 spiro atoms. The molecule has 4 rings (SSSR count). The molecule has 2 aromatic heterocycles. The average Bonchev–Trinajstić information content (AvgIpc) is 3.30. The molecule has 0 fully saturated rings. The summed E-state index contributed by atoms with van der Waals surface area (Å²) in [6.45, 7) is 1.63. The van der Waals surface area contributed by atoms with E-state index in [9.17, 15) is 13.2 Å². The van der Waals surface area contributed by atoms with E-state index in [1.54, 1.807) is 36.9 Å². The molecule has 3 aromatic rings. The molecule has 11 heteroatoms. The van der Waals surface area contributed by atoms with Crippen LogP contribution in [0.25, 0.3) is 5.65 Å². The lowest BCUT2D eigenvalue weighted by Gasteiger charge is -2.18. The Morgan fingerprint density at radius 2 is 2.00 bits per heavy atom. The second kappa shape index (κ2) is 8.67. The Balaban J connectivity index is 1.57. The lowest BCUT2D eigenvalue weighted by Crippen LogP contribution is -2.37. The molecule has 0 aliphatic carbocycles. The molecule has 2 atom stereocenters. The third-order valence-electron chi connectivity index (χ3n) is 4.94. The van der Waals surface area contributed by atoms with Crippen LogP contribution in [0.15, 0.2) is 58.5 Å². The van der Waals surface area contributed by atoms with E-state index in [0.717, 1.165) is 5.75 Å². The van der Waals surface area contributed by atoms with Crippen molar-refractivity contribution in [3.63, 3.8) is 0 Å². The molecule has 1 aliphatic rings. The summed E-state index contributed by atoms with van der Waals surface area (Å²) in [4.78, 5) is 17.5. The van der Waals surface area contributed by atoms with Gasteiger partial charge in [0.15, 0.2) is 11.5 Å². The number of rotatable bonds is 7. The van der Waals surface area contributed by atoms with Crippen LogP contribution in [0.1, 0.15) is 30.8 Å². The highest BCUT2D eigenvalue weighted by Crippen LogP contribution is 2.23. The normalized spacial score (nSPS) is 17.8. The van der Waals surface area contributed by atoms with Gasteiger partial charge in [-0.15, -0.1) is 10.2 Å². The molecule has 1 amide bonds. The Hall–Kier alpha value is -2.92. The minimum Gasteiger partial charge on any atom is -0.344 e. The van der Waals surface area contributed by atoms with E-state index in [2.05, 4.69) is 25.2 Å². The Morgan fingerprint density at radius 3 is 2.81 bits per heavy atom. The van der Waals surface area contributed by atoms with Crippen LogP contribution in [0.5, 0.6) is 0 Å². The lowest BCUT2D eigenvalue weighted by molar-refractivity contribution is -0.122. The third kappa shape index (κ3) is 4.28. The summed E-state index contributed by atoms with van der Waals surface area (Å²) in [6.07, 6.45) is 4.53. The van der Waals surface area contributed by atoms with Gasteiger partial charge in [0.2, 0.25) is 5.91 Å². The number of benzene rings is 1. The molecule has 0 radical (unpaired) electrons. The van der Waals surface area contributed by atoms with Crippen molar-refractivity contribution in [3.05, 3.63) is 60.0 Å². The number of carbonyl (C=O) groups is 1. The van der Waals surface area contributed by atoms with Crippen molar-refractivity contribution in [2.24, 2.45) is 4.99 Å². The number of nitrogens with one attached hydrogen (secondary N) is 2. The maximum atomic E-state index is 12.9. The van der Waals surface area contributed by atoms with Crippen LogP contribution in [-0.2, 0) is 14.8 Å². The molecule has 0 bridgehead atoms. The Kier molecular flexibility index (Phi) is 5.96. The predicted octanol–water partition coefficient (Wildman–Crippen LogP) is 1.77. The number of hydrogen-bond acceptors (Lipinski definition) is 7. The second-order valence-corrected chi connectivity index (χ2v) is 9.72. The number of sulfonamides is 1. The molecule has 0 saturated heterocycles. The first-order valence-electron chi connectivity index (χ1n) is 9.69. The maximum absolute atomic E-state index is 12.9. The van der Waals surface area contributed by atoms with Crippen molar-refractivity contribution in [3.8, 4) is 0 Å². The fourth-order valence-electron chi connectivity index (χ4n) is 3.37. The van der Waals surface area contributed by atoms with Gasteiger partial charge < -0.3 is 5.32 Å². The summed E-state index contributed by atoms with van der Waals surface area (Å²) < 4.78 is 28.8. The van der Waals surface area contributed by atoms with Crippen LogP contribution in [0.2, 0.25) is 0 Å². The van der Waals surface area contributed by atoms with E-state index in [0.29, 0.717) is 23.5 Å². The first-order valence-corrected chi connectivity index (χ1v) is 12.6. The zero-order valence-electron chi connectivity index (χ0n) is 17.0. The number of aliphatic imine (C=N–C) groups is 1. The fourth-order valence-corrected chi connectivity index (χ4v) is 5.08. The summed E-state index contributed by atoms with van der Waals surface area (Å²) in [5, 5.41) is 11.5. The van der Waals surface area contributed by atoms with Crippen molar-refractivity contribution < 1.29 is 13.2 Å². The lowest BCUT2D eigenvalue weighted by atomic mass is 10.1. The van der Waals surface area contributed by atoms with Gasteiger partial charge in [-0.05, 0) is 49.6 Å². The van der Waals surface area contributed by atoms with E-state index >= 15 is 0 Å². The van der Waals surface area contributed by atoms with Gasteiger partial charge in [0.1, 0.15) is 11.9 Å². The van der Waals surface area contributed by atoms with Crippen molar-refractivity contribution in [1.29, 1.82) is 0 Å². The number of fused-ring (bicyclic) bond motifs is 2. The van der Waals surface area contributed by atoms with Gasteiger partial charge in [0.25, 0.3) is 10.0 Å². The third-order valence-corrected chi connectivity index (χ3v) is 6.98. The van der Waals surface area contributed by atoms with Crippen molar-refractivity contribution in [2.45, 2.75) is 30.3 Å². The standard InChI is InChI=1S/C20H22N6O3S2/c1-13(21-18-14-7-3-4-8-16(14)31(28,29)25-18)20(27)22-15(10-12-30-2)19-24-23-17-9-5-6-11-26(17)19/h3-9,11,13,15H,10,12H2,1-2H3,(H,21,25)(H,22,27)/t13-,15?/m0/s1. The maximum Gasteiger partial charge on any atom is 0.263 e. The van der Waals surface area contributed by atoms with Crippen LogP contribution in [-0.4, -0.2) is 52.8 Å². The summed E-state index contributed by atoms with van der Waals surface area (Å²) in [6, 6.07) is 11.0. The second-order valence-electron chi connectivity index (χ2n) is 7.09. The number of aromatic nitrogens is 3. The van der Waals surface area contributed by atoms with E-state index in [1.807, 2.05) is 35.1 Å². The molecular weight excluding hydrogens is 436 g/mol. The van der Waals surface area contributed by atoms with E-state index in [1.165, 1.54) is 6.07 Å². The molecular formula is C20H22N6O3S2. The minimum absolute atomic E-state index is 0.161. The topological polar surface area (TPSA) is 118 Å². The monoisotopic (exact) mass is 458 g/mol. The number of hydrogen-bond donors (Lipinski definition) is 2. The zero-order valence-corrected chi connectivity index (χ0v) is 18.7. The van der Waals surface area contributed by atoms with Crippen LogP contribution >= 0.6 is 11.8 Å². The Morgan fingerprint density at radius 1 is 1.23 bits per heavy atom. The molecule has 1 aromatic carbocycles. The highest BCUT2D eigenvalue weighted by Gasteiger charge is 2.31. The van der Waals surface area contributed by atoms with Gasteiger partial charge in [0.05, 0.1) is 10.9 Å². The Labute approximate surface area is 184 Å². The number of amidine groups is 1. The molecule has 3 heterocycles. The first-order chi connectivity index (χ1) is 14.9. The first kappa shape index (κ1) is 21.3. The summed E-state index contributed by atoms with van der Waals surface area (Å²) in [7, 11) is -3.66. The van der Waals surface area contributed by atoms with Crippen molar-refractivity contribution >= 4 is 39.2 Å². The molecule has 9 nitrogen and oxygen atoms in total. The number of amides is 1. The smallest absolute Gasteiger partial charge is 0.263 e. The molecule has 1 aliphatic heterocycles. The van der Waals surface area contributed by atoms with Crippen molar-refractivity contribution in [1.82, 2.24) is 24.6 Å². The molecule has 2 N–H and O–H groups in total. The van der Waals surface area contributed by atoms with Crippen LogP contribution in [0.4, 0.5) is 0 Å². The summed E-state index contributed by atoms with van der Waals surface area (Å²) >= 11 is 1.67. The number of nitrogens with zero attached hydrogens (tertiary/aromatic N) is 4. The van der Waals surface area contributed by atoms with E-state index in [-0.39, 0.29) is 22.7 Å². The van der Waals surface area contributed by atoms with Crippen molar-refractivity contribution in [2.75, 3.05) is 12.0 Å². The van der Waals surface area contributed by atoms with Gasteiger partial charge in [-0.1, -0.05) is 18.2 Å². The molecule has 0 saturated carbocycles. The molecule has 31 heavy (non-hydrogen) atoms. The van der Waals surface area contributed by atoms with E-state index < -0.39 is 16.1 Å². The van der Waals surface area contributed by atoms with Gasteiger partial charge >= 0.3 is 0 Å². The average molecular weight is 459 g/mol. The number of thioether (sulfide) groups is 1. The highest BCUT2D eigenvalue weighted by molar-refractivity contribution is 7.98. The number of carbonyl (C=O) groups excluding carboxylic acids is 1. The fraction of sp³-hybridized carbons (Fsp3) is 0.300. The quantitative estimate of drug-likeness (QED) is 0.557. The van der Waals surface area contributed by atoms with E-state index in [4.69, 9.17) is 0 Å². The van der Waals surface area contributed by atoms with Crippen LogP contribution < -0.4 is 10.0 Å². The minimum atomic E-state index is -3.66. The highest BCUT2D eigenvalue weighted by atomic mass is 32.2. The van der Waals surface area contributed by atoms with Crippen LogP contribution in [0, 0.1) is 0 Å². The summed E-state index contributed by atoms with van der Waals surface area (Å²) in [5.74, 6) is 1.31. The largest absolute Gasteiger partial charge is 0.344 e. The van der Waals surface area contributed by atoms with Gasteiger partial charge in [0, 0.05) is 11.8 Å². The van der Waals surface area contributed by atoms with Gasteiger partial charge in [-0.25, -0.2) is 8.42 Å². The molecule has 1 unspecified atom stereocenters. The SMILES string of the molecule is CSCCC(NC(=O)[C@H](C)N=C1NS(=O)(=O)c2ccccc21)c1nnc2ccccn12. The molecule has 162 valence electrons. The summed E-state index contributed by atoms with van der Waals surface area (Å²) in [5.41, 5.74) is 1.16. The van der Waals surface area contributed by atoms with Crippen LogP contribution in [0.3, 0.4) is 0 Å². The number of pyridine rings is 1. The van der Waals surface area contributed by atoms with Gasteiger partial charge in [-0.2, -0.15) is 11.8 Å².